The molecule has 3 N–H and O–H groups in total. The normalized spacial score (nSPS) is 9.94. The molecule has 1 rings (SSSR count). The maximum atomic E-state index is 10.9. The van der Waals surface area contributed by atoms with Crippen LogP contribution < -0.4 is 10.6 Å². The zero-order valence-corrected chi connectivity index (χ0v) is 9.72. The largest absolute Gasteiger partial charge is 0.481 e. The van der Waals surface area contributed by atoms with E-state index in [1.807, 2.05) is 11.8 Å². The van der Waals surface area contributed by atoms with Crippen LogP contribution in [0.1, 0.15) is 23.7 Å². The van der Waals surface area contributed by atoms with Gasteiger partial charge in [0.25, 0.3) is 0 Å². The molecule has 0 unspecified atom stereocenters. The molecule has 92 valence electrons. The fourth-order valence-electron chi connectivity index (χ4n) is 1.54. The van der Waals surface area contributed by atoms with Crippen molar-refractivity contribution in [2.45, 2.75) is 13.3 Å². The average Bonchev–Trinajstić information content (AvgIpc) is 2.30. The summed E-state index contributed by atoms with van der Waals surface area (Å²) in [5, 5.41) is 8.63. The highest BCUT2D eigenvalue weighted by atomic mass is 16.4. The van der Waals surface area contributed by atoms with Crippen LogP contribution in [0.15, 0.2) is 24.3 Å². The highest BCUT2D eigenvalue weighted by Gasteiger charge is 2.07. The van der Waals surface area contributed by atoms with Crippen LogP contribution in [0.25, 0.3) is 0 Å². The molecule has 0 saturated heterocycles. The highest BCUT2D eigenvalue weighted by molar-refractivity contribution is 5.93. The van der Waals surface area contributed by atoms with Crippen LogP contribution in [0.5, 0.6) is 0 Å². The van der Waals surface area contributed by atoms with Gasteiger partial charge < -0.3 is 15.7 Å². The topological polar surface area (TPSA) is 83.6 Å². The summed E-state index contributed by atoms with van der Waals surface area (Å²) in [6, 6.07) is 6.82. The molecule has 0 aliphatic carbocycles. The first-order chi connectivity index (χ1) is 8.04. The van der Waals surface area contributed by atoms with Gasteiger partial charge in [-0.1, -0.05) is 0 Å². The van der Waals surface area contributed by atoms with Gasteiger partial charge in [0.1, 0.15) is 0 Å². The summed E-state index contributed by atoms with van der Waals surface area (Å²) in [5.41, 5.74) is 6.48. The lowest BCUT2D eigenvalue weighted by Crippen LogP contribution is -2.25. The van der Waals surface area contributed by atoms with Gasteiger partial charge in [-0.15, -0.1) is 0 Å². The maximum absolute atomic E-state index is 10.9. The average molecular weight is 236 g/mol. The van der Waals surface area contributed by atoms with E-state index < -0.39 is 11.9 Å². The van der Waals surface area contributed by atoms with Crippen molar-refractivity contribution in [3.8, 4) is 0 Å². The molecule has 0 saturated carbocycles. The summed E-state index contributed by atoms with van der Waals surface area (Å²) in [7, 11) is 0. The van der Waals surface area contributed by atoms with Gasteiger partial charge in [0.05, 0.1) is 6.42 Å². The third-order valence-corrected chi connectivity index (χ3v) is 2.49. The number of aliphatic carboxylic acids is 1. The van der Waals surface area contributed by atoms with Crippen LogP contribution in [-0.4, -0.2) is 30.1 Å². The van der Waals surface area contributed by atoms with Gasteiger partial charge >= 0.3 is 5.97 Å². The van der Waals surface area contributed by atoms with Crippen molar-refractivity contribution < 1.29 is 14.7 Å². The summed E-state index contributed by atoms with van der Waals surface area (Å²) in [5.74, 6) is -1.29. The van der Waals surface area contributed by atoms with E-state index in [1.165, 1.54) is 0 Å². The van der Waals surface area contributed by atoms with Crippen LogP contribution in [0.4, 0.5) is 5.69 Å². The summed E-state index contributed by atoms with van der Waals surface area (Å²) >= 11 is 0. The van der Waals surface area contributed by atoms with Gasteiger partial charge in [0.15, 0.2) is 0 Å². The van der Waals surface area contributed by atoms with E-state index in [9.17, 15) is 9.59 Å². The Balaban J connectivity index is 2.75. The summed E-state index contributed by atoms with van der Waals surface area (Å²) in [4.78, 5) is 23.3. The van der Waals surface area contributed by atoms with Gasteiger partial charge in [-0.05, 0) is 31.2 Å². The molecule has 0 radical (unpaired) electrons. The van der Waals surface area contributed by atoms with Gasteiger partial charge in [0.2, 0.25) is 5.91 Å². The summed E-state index contributed by atoms with van der Waals surface area (Å²) in [6.45, 7) is 3.11. The second-order valence-corrected chi connectivity index (χ2v) is 3.63. The molecule has 1 amide bonds. The molecule has 0 atom stereocenters. The predicted octanol–water partition coefficient (Wildman–Crippen LogP) is 1.09. The second-order valence-electron chi connectivity index (χ2n) is 3.63. The van der Waals surface area contributed by atoms with Crippen molar-refractivity contribution in [3.05, 3.63) is 29.8 Å². The molecule has 17 heavy (non-hydrogen) atoms. The quantitative estimate of drug-likeness (QED) is 0.774. The molecule has 5 nitrogen and oxygen atoms in total. The Bertz CT molecular complexity index is 401. The Hall–Kier alpha value is -2.04. The highest BCUT2D eigenvalue weighted by Crippen LogP contribution is 2.15. The monoisotopic (exact) mass is 236 g/mol. The lowest BCUT2D eigenvalue weighted by molar-refractivity contribution is -0.136. The molecule has 0 bridgehead atoms. The Labute approximate surface area is 99.8 Å². The number of benzene rings is 1. The number of carbonyl (C=O) groups is 2. The Morgan fingerprint density at radius 1 is 1.29 bits per heavy atom. The van der Waals surface area contributed by atoms with Gasteiger partial charge in [-0.25, -0.2) is 0 Å². The predicted molar refractivity (Wildman–Crippen MR) is 65.1 cm³/mol. The number of primary amides is 1. The molecule has 1 aromatic rings. The number of carboxylic acid groups (broad SMARTS) is 1. The number of carbonyl (C=O) groups excluding carboxylic acids is 1. The number of amides is 1. The van der Waals surface area contributed by atoms with E-state index >= 15 is 0 Å². The fraction of sp³-hybridized carbons (Fsp3) is 0.333. The molecular weight excluding hydrogens is 220 g/mol. The number of anilines is 1. The first-order valence-electron chi connectivity index (χ1n) is 5.41. The number of rotatable bonds is 6. The lowest BCUT2D eigenvalue weighted by Gasteiger charge is -2.22. The van der Waals surface area contributed by atoms with Crippen molar-refractivity contribution in [1.82, 2.24) is 0 Å². The first kappa shape index (κ1) is 13.0. The number of hydrogen-bond donors (Lipinski definition) is 2. The SMILES string of the molecule is CCN(CCC(=O)O)c1ccc(C(N)=O)cc1. The van der Waals surface area contributed by atoms with Crippen LogP contribution in [0.3, 0.4) is 0 Å². The minimum atomic E-state index is -0.822. The minimum absolute atomic E-state index is 0.0887. The van der Waals surface area contributed by atoms with Gasteiger partial charge in [-0.2, -0.15) is 0 Å². The number of nitrogens with zero attached hydrogens (tertiary/aromatic N) is 1. The third kappa shape index (κ3) is 3.79. The Kier molecular flexibility index (Phi) is 4.51. The standard InChI is InChI=1S/C12H16N2O3/c1-2-14(8-7-11(15)16)10-5-3-9(4-6-10)12(13)17/h3-6H,2,7-8H2,1H3,(H2,13,17)(H,15,16). The van der Waals surface area contributed by atoms with Gasteiger partial charge in [-0.3, -0.25) is 9.59 Å². The molecular formula is C12H16N2O3. The number of hydrogen-bond acceptors (Lipinski definition) is 3. The zero-order chi connectivity index (χ0) is 12.8. The van der Waals surface area contributed by atoms with Crippen molar-refractivity contribution in [2.24, 2.45) is 5.73 Å². The summed E-state index contributed by atoms with van der Waals surface area (Å²) in [6.07, 6.45) is 0.0887. The fourth-order valence-corrected chi connectivity index (χ4v) is 1.54. The van der Waals surface area contributed by atoms with E-state index in [0.29, 0.717) is 18.7 Å². The number of nitrogens with two attached hydrogens (primary N) is 1. The van der Waals surface area contributed by atoms with Crippen molar-refractivity contribution in [3.63, 3.8) is 0 Å². The molecule has 1 aromatic carbocycles. The molecule has 0 aliphatic rings. The molecule has 0 spiro atoms. The molecule has 5 heteroatoms. The van der Waals surface area contributed by atoms with Crippen LogP contribution >= 0.6 is 0 Å². The Morgan fingerprint density at radius 2 is 1.88 bits per heavy atom. The maximum Gasteiger partial charge on any atom is 0.305 e. The third-order valence-electron chi connectivity index (χ3n) is 2.49. The number of carboxylic acids is 1. The van der Waals surface area contributed by atoms with Crippen LogP contribution in [-0.2, 0) is 4.79 Å². The molecule has 0 fully saturated rings. The first-order valence-corrected chi connectivity index (χ1v) is 5.41. The molecule has 0 aliphatic heterocycles. The lowest BCUT2D eigenvalue weighted by atomic mass is 10.2. The second kappa shape index (κ2) is 5.89. The molecule has 0 heterocycles. The van der Waals surface area contributed by atoms with Crippen molar-refractivity contribution in [1.29, 1.82) is 0 Å². The van der Waals surface area contributed by atoms with Crippen molar-refractivity contribution in [2.75, 3.05) is 18.0 Å². The Morgan fingerprint density at radius 3 is 2.29 bits per heavy atom. The van der Waals surface area contributed by atoms with Crippen LogP contribution in [0.2, 0.25) is 0 Å². The molecule has 0 aromatic heterocycles. The van der Waals surface area contributed by atoms with E-state index in [0.717, 1.165) is 5.69 Å². The summed E-state index contributed by atoms with van der Waals surface area (Å²) < 4.78 is 0. The smallest absolute Gasteiger partial charge is 0.305 e. The van der Waals surface area contributed by atoms with E-state index in [2.05, 4.69) is 0 Å². The minimum Gasteiger partial charge on any atom is -0.481 e. The van der Waals surface area contributed by atoms with Gasteiger partial charge in [0, 0.05) is 24.3 Å². The van der Waals surface area contributed by atoms with Crippen LogP contribution in [0, 0.1) is 0 Å². The van der Waals surface area contributed by atoms with E-state index in [1.54, 1.807) is 24.3 Å². The zero-order valence-electron chi connectivity index (χ0n) is 9.72. The van der Waals surface area contributed by atoms with E-state index in [4.69, 9.17) is 10.8 Å². The van der Waals surface area contributed by atoms with Crippen molar-refractivity contribution >= 4 is 17.6 Å². The van der Waals surface area contributed by atoms with E-state index in [-0.39, 0.29) is 6.42 Å².